The maximum Gasteiger partial charge on any atom is 0.306 e. The number of aromatic nitrogens is 3. The van der Waals surface area contributed by atoms with Gasteiger partial charge in [0.25, 0.3) is 6.01 Å². The van der Waals surface area contributed by atoms with E-state index in [2.05, 4.69) is 21.0 Å². The first-order chi connectivity index (χ1) is 16.5. The number of nitrogens with zero attached hydrogens (tertiary/aromatic N) is 3. The highest BCUT2D eigenvalue weighted by atomic mass is 35.5. The Bertz CT molecular complexity index is 1380. The number of imidazole rings is 1. The average Bonchev–Trinajstić information content (AvgIpc) is 3.25. The topological polar surface area (TPSA) is 112 Å². The van der Waals surface area contributed by atoms with E-state index in [0.29, 0.717) is 59.1 Å². The van der Waals surface area contributed by atoms with Gasteiger partial charge in [-0.3, -0.25) is 4.79 Å². The Labute approximate surface area is 201 Å². The molecule has 2 N–H and O–H groups in total. The van der Waals surface area contributed by atoms with Crippen molar-refractivity contribution < 1.29 is 14.6 Å². The highest BCUT2D eigenvalue weighted by Gasteiger charge is 2.27. The van der Waals surface area contributed by atoms with Crippen LogP contribution in [0.2, 0.25) is 5.02 Å². The molecule has 0 aliphatic heterocycles. The van der Waals surface area contributed by atoms with E-state index in [1.807, 2.05) is 36.4 Å². The van der Waals surface area contributed by atoms with Gasteiger partial charge in [0.1, 0.15) is 6.10 Å². The summed E-state index contributed by atoms with van der Waals surface area (Å²) in [6.45, 7) is 0. The van der Waals surface area contributed by atoms with Crippen molar-refractivity contribution in [2.75, 3.05) is 0 Å². The minimum Gasteiger partial charge on any atom is -0.481 e. The Morgan fingerprint density at radius 1 is 1.00 bits per heavy atom. The standard InChI is InChI=1S/C26H21ClN4O3/c27-21-13-22-24(31-26(29-22)34-20-11-9-19(10-12-20)25(32)33)30-23(21)18-7-5-17(6-8-18)16-3-1-15(14-28)2-4-16/h1-8,13,19-20H,9-12H2,(H,32,33)(H,29,30,31). The monoisotopic (exact) mass is 472 g/mol. The van der Waals surface area contributed by atoms with Gasteiger partial charge >= 0.3 is 5.97 Å². The molecule has 2 aromatic heterocycles. The zero-order valence-electron chi connectivity index (χ0n) is 18.2. The maximum atomic E-state index is 11.1. The highest BCUT2D eigenvalue weighted by molar-refractivity contribution is 6.33. The minimum absolute atomic E-state index is 0.0686. The van der Waals surface area contributed by atoms with Crippen molar-refractivity contribution in [3.63, 3.8) is 0 Å². The van der Waals surface area contributed by atoms with Crippen molar-refractivity contribution in [2.45, 2.75) is 31.8 Å². The Morgan fingerprint density at radius 3 is 2.24 bits per heavy atom. The molecule has 7 nitrogen and oxygen atoms in total. The van der Waals surface area contributed by atoms with Crippen LogP contribution in [0.25, 0.3) is 33.5 Å². The predicted molar refractivity (Wildman–Crippen MR) is 128 cm³/mol. The van der Waals surface area contributed by atoms with Crippen LogP contribution in [0.1, 0.15) is 31.2 Å². The van der Waals surface area contributed by atoms with E-state index in [0.717, 1.165) is 16.7 Å². The van der Waals surface area contributed by atoms with E-state index < -0.39 is 5.97 Å². The fraction of sp³-hybridized carbons (Fsp3) is 0.231. The number of carbonyl (C=O) groups is 1. The number of halogens is 1. The number of H-pyrrole nitrogens is 1. The van der Waals surface area contributed by atoms with Crippen LogP contribution in [0, 0.1) is 17.2 Å². The molecule has 2 heterocycles. The number of hydrogen-bond acceptors (Lipinski definition) is 5. The van der Waals surface area contributed by atoms with Gasteiger partial charge in [-0.15, -0.1) is 0 Å². The number of carboxylic acids is 1. The average molecular weight is 473 g/mol. The SMILES string of the molecule is N#Cc1ccc(-c2ccc(-c3nc4nc(OC5CCC(C(=O)O)CC5)[nH]c4cc3Cl)cc2)cc1. The van der Waals surface area contributed by atoms with Crippen LogP contribution in [0.5, 0.6) is 6.01 Å². The first kappa shape index (κ1) is 21.9. The molecule has 0 radical (unpaired) electrons. The van der Waals surface area contributed by atoms with Crippen LogP contribution in [-0.2, 0) is 4.79 Å². The second-order valence-electron chi connectivity index (χ2n) is 8.43. The van der Waals surface area contributed by atoms with Crippen LogP contribution < -0.4 is 4.74 Å². The number of nitriles is 1. The number of nitrogens with one attached hydrogen (secondary N) is 1. The van der Waals surface area contributed by atoms with Gasteiger partial charge in [0.05, 0.1) is 33.8 Å². The second-order valence-corrected chi connectivity index (χ2v) is 8.84. The quantitative estimate of drug-likeness (QED) is 0.377. The smallest absolute Gasteiger partial charge is 0.306 e. The number of pyridine rings is 1. The van der Waals surface area contributed by atoms with E-state index >= 15 is 0 Å². The highest BCUT2D eigenvalue weighted by Crippen LogP contribution is 2.32. The Kier molecular flexibility index (Phi) is 5.91. The number of carboxylic acid groups (broad SMARTS) is 1. The molecule has 1 fully saturated rings. The van der Waals surface area contributed by atoms with Crippen LogP contribution in [0.4, 0.5) is 0 Å². The van der Waals surface area contributed by atoms with Crippen LogP contribution in [0.15, 0.2) is 54.6 Å². The molecule has 1 aliphatic carbocycles. The lowest BCUT2D eigenvalue weighted by atomic mass is 9.87. The summed E-state index contributed by atoms with van der Waals surface area (Å²) >= 11 is 6.54. The van der Waals surface area contributed by atoms with Crippen LogP contribution in [-0.4, -0.2) is 32.1 Å². The third kappa shape index (κ3) is 4.45. The lowest BCUT2D eigenvalue weighted by molar-refractivity contribution is -0.143. The molecule has 0 amide bonds. The van der Waals surface area contributed by atoms with Gasteiger partial charge < -0.3 is 14.8 Å². The first-order valence-corrected chi connectivity index (χ1v) is 11.4. The molecule has 1 aliphatic rings. The molecule has 170 valence electrons. The normalized spacial score (nSPS) is 17.9. The van der Waals surface area contributed by atoms with Gasteiger partial charge in [-0.05, 0) is 55.0 Å². The maximum absolute atomic E-state index is 11.1. The van der Waals surface area contributed by atoms with Gasteiger partial charge in [-0.1, -0.05) is 48.0 Å². The molecule has 0 unspecified atom stereocenters. The van der Waals surface area contributed by atoms with Crippen LogP contribution >= 0.6 is 11.6 Å². The number of rotatable bonds is 5. The molecule has 5 rings (SSSR count). The van der Waals surface area contributed by atoms with Crippen LogP contribution in [0.3, 0.4) is 0 Å². The van der Waals surface area contributed by atoms with Gasteiger partial charge in [-0.2, -0.15) is 10.2 Å². The van der Waals surface area contributed by atoms with Crippen molar-refractivity contribution in [1.82, 2.24) is 15.0 Å². The molecule has 0 spiro atoms. The number of fused-ring (bicyclic) bond motifs is 1. The number of aromatic amines is 1. The Morgan fingerprint density at radius 2 is 1.62 bits per heavy atom. The molecule has 0 bridgehead atoms. The molecular formula is C26H21ClN4O3. The summed E-state index contributed by atoms with van der Waals surface area (Å²) in [7, 11) is 0. The third-order valence-corrected chi connectivity index (χ3v) is 6.50. The summed E-state index contributed by atoms with van der Waals surface area (Å²) in [6, 6.07) is 19.6. The van der Waals surface area contributed by atoms with Crippen molar-refractivity contribution in [3.8, 4) is 34.5 Å². The van der Waals surface area contributed by atoms with Gasteiger partial charge in [-0.25, -0.2) is 4.98 Å². The molecule has 34 heavy (non-hydrogen) atoms. The number of hydrogen-bond donors (Lipinski definition) is 2. The summed E-state index contributed by atoms with van der Waals surface area (Å²) < 4.78 is 5.97. The van der Waals surface area contributed by atoms with Gasteiger partial charge in [0.15, 0.2) is 5.65 Å². The molecular weight excluding hydrogens is 452 g/mol. The van der Waals surface area contributed by atoms with Gasteiger partial charge in [0.2, 0.25) is 0 Å². The summed E-state index contributed by atoms with van der Waals surface area (Å²) in [6.07, 6.45) is 2.50. The minimum atomic E-state index is -0.738. The summed E-state index contributed by atoms with van der Waals surface area (Å²) in [5.41, 5.74) is 5.34. The molecule has 4 aromatic rings. The number of benzene rings is 2. The van der Waals surface area contributed by atoms with Crippen molar-refractivity contribution >= 4 is 28.7 Å². The Balaban J connectivity index is 1.34. The Hall–Kier alpha value is -3.89. The fourth-order valence-electron chi connectivity index (χ4n) is 4.30. The molecule has 8 heteroatoms. The summed E-state index contributed by atoms with van der Waals surface area (Å²) in [5, 5.41) is 18.6. The largest absolute Gasteiger partial charge is 0.481 e. The zero-order valence-corrected chi connectivity index (χ0v) is 18.9. The molecule has 0 atom stereocenters. The van der Waals surface area contributed by atoms with E-state index in [9.17, 15) is 4.79 Å². The van der Waals surface area contributed by atoms with Crippen molar-refractivity contribution in [2.24, 2.45) is 5.92 Å². The molecule has 2 aromatic carbocycles. The molecule has 1 saturated carbocycles. The van der Waals surface area contributed by atoms with E-state index in [4.69, 9.17) is 26.7 Å². The fourth-order valence-corrected chi connectivity index (χ4v) is 4.56. The van der Waals surface area contributed by atoms with Gasteiger partial charge in [0, 0.05) is 5.56 Å². The summed E-state index contributed by atoms with van der Waals surface area (Å²) in [4.78, 5) is 23.4. The predicted octanol–water partition coefficient (Wildman–Crippen LogP) is 5.84. The van der Waals surface area contributed by atoms with E-state index in [1.165, 1.54) is 0 Å². The lowest BCUT2D eigenvalue weighted by Gasteiger charge is -2.25. The first-order valence-electron chi connectivity index (χ1n) is 11.1. The van der Waals surface area contributed by atoms with Crippen molar-refractivity contribution in [3.05, 3.63) is 65.2 Å². The number of aliphatic carboxylic acids is 1. The number of ether oxygens (including phenoxy) is 1. The van der Waals surface area contributed by atoms with E-state index in [-0.39, 0.29) is 12.0 Å². The zero-order chi connectivity index (χ0) is 23.7. The lowest BCUT2D eigenvalue weighted by Crippen LogP contribution is -2.28. The second kappa shape index (κ2) is 9.16. The summed E-state index contributed by atoms with van der Waals surface area (Å²) in [5.74, 6) is -1.03. The van der Waals surface area contributed by atoms with Crippen molar-refractivity contribution in [1.29, 1.82) is 5.26 Å². The molecule has 0 saturated heterocycles. The third-order valence-electron chi connectivity index (χ3n) is 6.21. The van der Waals surface area contributed by atoms with E-state index in [1.54, 1.807) is 18.2 Å².